The number of hydrogen-bond acceptors (Lipinski definition) is 4. The Morgan fingerprint density at radius 3 is 2.82 bits per heavy atom. The van der Waals surface area contributed by atoms with E-state index >= 15 is 0 Å². The molecule has 0 atom stereocenters. The summed E-state index contributed by atoms with van der Waals surface area (Å²) in [6.45, 7) is 1.85. The van der Waals surface area contributed by atoms with E-state index in [1.54, 1.807) is 0 Å². The Kier molecular flexibility index (Phi) is 2.42. The molecule has 0 saturated carbocycles. The van der Waals surface area contributed by atoms with Crippen LogP contribution >= 0.6 is 0 Å². The third kappa shape index (κ3) is 1.73. The number of hydrogen-bond donors (Lipinski definition) is 1. The van der Waals surface area contributed by atoms with E-state index in [0.717, 1.165) is 23.9 Å². The minimum atomic E-state index is 0.582. The van der Waals surface area contributed by atoms with Crippen molar-refractivity contribution in [3.05, 3.63) is 23.1 Å². The number of pyridine rings is 1. The highest BCUT2D eigenvalue weighted by Gasteiger charge is 2.15. The molecule has 0 saturated heterocycles. The molecule has 0 aliphatic heterocycles. The summed E-state index contributed by atoms with van der Waals surface area (Å²) in [5.41, 5.74) is 9.44. The first-order chi connectivity index (χ1) is 8.25. The van der Waals surface area contributed by atoms with Gasteiger partial charge in [0.05, 0.1) is 5.39 Å². The standard InChI is InChI=1S/C13H16N4/c1-8-16-12(14)11-10-6-4-2-3-5-9(10)7-15-13(11)17-8/h7H,2-6H2,1H3,(H2,14,15,16,17). The molecule has 1 aliphatic rings. The lowest BCUT2D eigenvalue weighted by molar-refractivity contribution is 0.712. The van der Waals surface area contributed by atoms with Crippen molar-refractivity contribution >= 4 is 16.9 Å². The number of nitrogens with two attached hydrogens (primary N) is 1. The van der Waals surface area contributed by atoms with Gasteiger partial charge in [0.15, 0.2) is 5.65 Å². The van der Waals surface area contributed by atoms with Crippen LogP contribution in [0.1, 0.15) is 36.2 Å². The molecule has 2 aromatic heterocycles. The topological polar surface area (TPSA) is 64.7 Å². The van der Waals surface area contributed by atoms with Gasteiger partial charge in [0, 0.05) is 6.20 Å². The minimum absolute atomic E-state index is 0.582. The normalized spacial score (nSPS) is 15.6. The van der Waals surface area contributed by atoms with Crippen molar-refractivity contribution in [3.8, 4) is 0 Å². The van der Waals surface area contributed by atoms with Crippen molar-refractivity contribution in [2.45, 2.75) is 39.0 Å². The average Bonchev–Trinajstić information content (AvgIpc) is 2.52. The third-order valence-electron chi connectivity index (χ3n) is 3.43. The molecular weight excluding hydrogens is 212 g/mol. The molecule has 3 rings (SSSR count). The second kappa shape index (κ2) is 3.95. The highest BCUT2D eigenvalue weighted by Crippen LogP contribution is 2.28. The molecule has 1 aliphatic carbocycles. The van der Waals surface area contributed by atoms with Gasteiger partial charge in [-0.2, -0.15) is 0 Å². The Balaban J connectivity index is 2.32. The number of anilines is 1. The van der Waals surface area contributed by atoms with Gasteiger partial charge in [-0.25, -0.2) is 15.0 Å². The van der Waals surface area contributed by atoms with E-state index in [9.17, 15) is 0 Å². The minimum Gasteiger partial charge on any atom is -0.383 e. The second-order valence-electron chi connectivity index (χ2n) is 4.68. The van der Waals surface area contributed by atoms with Gasteiger partial charge in [0.2, 0.25) is 0 Å². The Morgan fingerprint density at radius 1 is 1.12 bits per heavy atom. The fraction of sp³-hybridized carbons (Fsp3) is 0.462. The van der Waals surface area contributed by atoms with Crippen molar-refractivity contribution in [3.63, 3.8) is 0 Å². The van der Waals surface area contributed by atoms with Crippen LogP contribution in [0.4, 0.5) is 5.82 Å². The highest BCUT2D eigenvalue weighted by molar-refractivity contribution is 5.89. The molecule has 17 heavy (non-hydrogen) atoms. The molecule has 0 radical (unpaired) electrons. The van der Waals surface area contributed by atoms with E-state index in [2.05, 4.69) is 15.0 Å². The lowest BCUT2D eigenvalue weighted by Crippen LogP contribution is -2.04. The van der Waals surface area contributed by atoms with Crippen LogP contribution in [0, 0.1) is 6.92 Å². The summed E-state index contributed by atoms with van der Waals surface area (Å²) >= 11 is 0. The van der Waals surface area contributed by atoms with E-state index < -0.39 is 0 Å². The number of nitrogen functional groups attached to an aromatic ring is 1. The molecule has 0 fully saturated rings. The summed E-state index contributed by atoms with van der Waals surface area (Å²) in [6.07, 6.45) is 7.89. The SMILES string of the molecule is Cc1nc(N)c2c3c(cnc2n1)CCCCC3. The molecule has 2 heterocycles. The Hall–Kier alpha value is -1.71. The Labute approximate surface area is 100 Å². The van der Waals surface area contributed by atoms with Gasteiger partial charge >= 0.3 is 0 Å². The highest BCUT2D eigenvalue weighted by atomic mass is 15.0. The number of rotatable bonds is 0. The first-order valence-corrected chi connectivity index (χ1v) is 6.16. The summed E-state index contributed by atoms with van der Waals surface area (Å²) in [7, 11) is 0. The van der Waals surface area contributed by atoms with Crippen LogP contribution in [0.5, 0.6) is 0 Å². The van der Waals surface area contributed by atoms with Crippen LogP contribution in [0.2, 0.25) is 0 Å². The number of aromatic nitrogens is 3. The largest absolute Gasteiger partial charge is 0.383 e. The monoisotopic (exact) mass is 228 g/mol. The second-order valence-corrected chi connectivity index (χ2v) is 4.68. The van der Waals surface area contributed by atoms with E-state index in [4.69, 9.17) is 5.73 Å². The number of fused-ring (bicyclic) bond motifs is 3. The molecule has 2 aromatic rings. The Bertz CT molecular complexity index is 577. The lowest BCUT2D eigenvalue weighted by atomic mass is 10.0. The molecule has 88 valence electrons. The fourth-order valence-corrected chi connectivity index (χ4v) is 2.63. The van der Waals surface area contributed by atoms with Crippen molar-refractivity contribution in [2.75, 3.05) is 5.73 Å². The molecular formula is C13H16N4. The third-order valence-corrected chi connectivity index (χ3v) is 3.43. The molecule has 0 amide bonds. The molecule has 0 bridgehead atoms. The van der Waals surface area contributed by atoms with Crippen molar-refractivity contribution in [1.29, 1.82) is 0 Å². The molecule has 4 heteroatoms. The first kappa shape index (κ1) is 10.4. The summed E-state index contributed by atoms with van der Waals surface area (Å²) < 4.78 is 0. The zero-order valence-corrected chi connectivity index (χ0v) is 10.0. The van der Waals surface area contributed by atoms with Gasteiger partial charge < -0.3 is 5.73 Å². The van der Waals surface area contributed by atoms with Crippen molar-refractivity contribution in [1.82, 2.24) is 15.0 Å². The van der Waals surface area contributed by atoms with Crippen molar-refractivity contribution < 1.29 is 0 Å². The molecule has 2 N–H and O–H groups in total. The number of aryl methyl sites for hydroxylation is 3. The average molecular weight is 228 g/mol. The fourth-order valence-electron chi connectivity index (χ4n) is 2.63. The summed E-state index contributed by atoms with van der Waals surface area (Å²) in [5.74, 6) is 1.27. The summed E-state index contributed by atoms with van der Waals surface area (Å²) in [5, 5.41) is 0.981. The van der Waals surface area contributed by atoms with Gasteiger partial charge in [-0.15, -0.1) is 0 Å². The molecule has 0 aromatic carbocycles. The first-order valence-electron chi connectivity index (χ1n) is 6.16. The maximum absolute atomic E-state index is 6.04. The molecule has 4 nitrogen and oxygen atoms in total. The van der Waals surface area contributed by atoms with E-state index in [-0.39, 0.29) is 0 Å². The van der Waals surface area contributed by atoms with E-state index in [0.29, 0.717) is 11.6 Å². The molecule has 0 spiro atoms. The van der Waals surface area contributed by atoms with Crippen LogP contribution in [0.25, 0.3) is 11.0 Å². The van der Waals surface area contributed by atoms with Crippen LogP contribution in [-0.2, 0) is 12.8 Å². The van der Waals surface area contributed by atoms with E-state index in [1.807, 2.05) is 13.1 Å². The van der Waals surface area contributed by atoms with E-state index in [1.165, 1.54) is 30.4 Å². The maximum atomic E-state index is 6.04. The zero-order chi connectivity index (χ0) is 11.8. The van der Waals surface area contributed by atoms with Crippen LogP contribution in [0.3, 0.4) is 0 Å². The quantitative estimate of drug-likeness (QED) is 0.702. The lowest BCUT2D eigenvalue weighted by Gasteiger charge is -2.10. The van der Waals surface area contributed by atoms with Crippen molar-refractivity contribution in [2.24, 2.45) is 0 Å². The van der Waals surface area contributed by atoms with Crippen LogP contribution in [-0.4, -0.2) is 15.0 Å². The summed E-state index contributed by atoms with van der Waals surface area (Å²) in [4.78, 5) is 13.1. The predicted molar refractivity (Wildman–Crippen MR) is 67.7 cm³/mol. The van der Waals surface area contributed by atoms with Gasteiger partial charge in [-0.05, 0) is 43.7 Å². The van der Waals surface area contributed by atoms with Crippen LogP contribution < -0.4 is 5.73 Å². The van der Waals surface area contributed by atoms with Gasteiger partial charge in [0.25, 0.3) is 0 Å². The maximum Gasteiger partial charge on any atom is 0.165 e. The van der Waals surface area contributed by atoms with Gasteiger partial charge in [0.1, 0.15) is 11.6 Å². The predicted octanol–water partition coefficient (Wildman–Crippen LogP) is 2.18. The van der Waals surface area contributed by atoms with Crippen LogP contribution in [0.15, 0.2) is 6.20 Å². The van der Waals surface area contributed by atoms with Gasteiger partial charge in [-0.3, -0.25) is 0 Å². The summed E-state index contributed by atoms with van der Waals surface area (Å²) in [6, 6.07) is 0. The van der Waals surface area contributed by atoms with Gasteiger partial charge in [-0.1, -0.05) is 6.42 Å². The number of nitrogens with zero attached hydrogens (tertiary/aromatic N) is 3. The zero-order valence-electron chi connectivity index (χ0n) is 10.0. The Morgan fingerprint density at radius 2 is 1.94 bits per heavy atom. The smallest absolute Gasteiger partial charge is 0.165 e. The molecule has 0 unspecified atom stereocenters.